The van der Waals surface area contributed by atoms with E-state index in [1.165, 1.54) is 11.8 Å². The summed E-state index contributed by atoms with van der Waals surface area (Å²) in [6, 6.07) is 1.75. The molecule has 0 unspecified atom stereocenters. The van der Waals surface area contributed by atoms with Crippen molar-refractivity contribution in [3.8, 4) is 0 Å². The predicted octanol–water partition coefficient (Wildman–Crippen LogP) is 2.08. The third-order valence-corrected chi connectivity index (χ3v) is 2.91. The number of carbonyl (C=O) groups is 1. The molecule has 0 atom stereocenters. The monoisotopic (exact) mass is 290 g/mol. The molecule has 0 aromatic carbocycles. The number of pyridine rings is 1. The van der Waals surface area contributed by atoms with Gasteiger partial charge in [0.05, 0.1) is 18.0 Å². The van der Waals surface area contributed by atoms with Crippen LogP contribution in [0.2, 0.25) is 0 Å². The van der Waals surface area contributed by atoms with Crippen molar-refractivity contribution in [3.63, 3.8) is 0 Å². The van der Waals surface area contributed by atoms with Gasteiger partial charge >= 0.3 is 5.97 Å². The fourth-order valence-corrected chi connectivity index (χ4v) is 1.93. The van der Waals surface area contributed by atoms with Crippen molar-refractivity contribution in [2.24, 2.45) is 0 Å². The van der Waals surface area contributed by atoms with Crippen molar-refractivity contribution in [1.82, 2.24) is 4.98 Å². The van der Waals surface area contributed by atoms with E-state index >= 15 is 0 Å². The van der Waals surface area contributed by atoms with Crippen molar-refractivity contribution in [1.29, 1.82) is 0 Å². The summed E-state index contributed by atoms with van der Waals surface area (Å²) in [5.41, 5.74) is 6.27. The zero-order valence-corrected chi connectivity index (χ0v) is 10.6. The summed E-state index contributed by atoms with van der Waals surface area (Å²) in [7, 11) is 0. The second-order valence-electron chi connectivity index (χ2n) is 2.64. The average Bonchev–Trinajstić information content (AvgIpc) is 2.17. The highest BCUT2D eigenvalue weighted by atomic mass is 79.9. The lowest BCUT2D eigenvalue weighted by molar-refractivity contribution is -0.139. The minimum Gasteiger partial charge on any atom is -0.465 e. The number of aromatic nitrogens is 1. The lowest BCUT2D eigenvalue weighted by atomic mass is 10.4. The molecule has 15 heavy (non-hydrogen) atoms. The van der Waals surface area contributed by atoms with E-state index in [4.69, 9.17) is 10.5 Å². The highest BCUT2D eigenvalue weighted by molar-refractivity contribution is 9.10. The van der Waals surface area contributed by atoms with Crippen LogP contribution in [-0.4, -0.2) is 23.3 Å². The van der Waals surface area contributed by atoms with E-state index in [2.05, 4.69) is 20.9 Å². The molecule has 1 aromatic heterocycles. The number of esters is 1. The summed E-state index contributed by atoms with van der Waals surface area (Å²) in [6.07, 6.45) is 1.64. The van der Waals surface area contributed by atoms with E-state index in [0.717, 1.165) is 4.47 Å². The van der Waals surface area contributed by atoms with E-state index < -0.39 is 0 Å². The summed E-state index contributed by atoms with van der Waals surface area (Å²) in [5.74, 6) is -0.0289. The van der Waals surface area contributed by atoms with Crippen molar-refractivity contribution in [3.05, 3.63) is 16.7 Å². The first-order valence-electron chi connectivity index (χ1n) is 4.33. The Kier molecular flexibility index (Phi) is 4.90. The molecule has 1 heterocycles. The number of ether oxygens (including phenoxy) is 1. The Morgan fingerprint density at radius 3 is 3.07 bits per heavy atom. The quantitative estimate of drug-likeness (QED) is 0.679. The summed E-state index contributed by atoms with van der Waals surface area (Å²) >= 11 is 4.53. The number of nitrogen functional groups attached to an aromatic ring is 1. The van der Waals surface area contributed by atoms with Gasteiger partial charge in [-0.25, -0.2) is 4.98 Å². The van der Waals surface area contributed by atoms with Crippen molar-refractivity contribution < 1.29 is 9.53 Å². The summed E-state index contributed by atoms with van der Waals surface area (Å²) in [4.78, 5) is 15.2. The summed E-state index contributed by atoms with van der Waals surface area (Å²) < 4.78 is 5.61. The van der Waals surface area contributed by atoms with Gasteiger partial charge < -0.3 is 10.5 Å². The maximum absolute atomic E-state index is 11.1. The van der Waals surface area contributed by atoms with Crippen LogP contribution in [0.4, 0.5) is 5.69 Å². The van der Waals surface area contributed by atoms with Gasteiger partial charge in [-0.15, -0.1) is 0 Å². The van der Waals surface area contributed by atoms with Crippen LogP contribution in [0.3, 0.4) is 0 Å². The minimum atomic E-state index is -0.258. The number of anilines is 1. The molecule has 0 aliphatic carbocycles. The van der Waals surface area contributed by atoms with Crippen LogP contribution < -0.4 is 5.73 Å². The Balaban J connectivity index is 2.54. The zero-order valence-electron chi connectivity index (χ0n) is 8.20. The largest absolute Gasteiger partial charge is 0.465 e. The SMILES string of the molecule is CCOC(=O)CSc1ncc(Br)cc1N. The molecule has 0 fully saturated rings. The molecule has 0 saturated carbocycles. The Bertz CT molecular complexity index is 360. The summed E-state index contributed by atoms with van der Waals surface area (Å²) in [5, 5.41) is 0.645. The van der Waals surface area contributed by atoms with Crippen LogP contribution in [0.25, 0.3) is 0 Å². The molecular weight excluding hydrogens is 280 g/mol. The molecule has 6 heteroatoms. The maximum atomic E-state index is 11.1. The van der Waals surface area contributed by atoms with Crippen LogP contribution >= 0.6 is 27.7 Å². The smallest absolute Gasteiger partial charge is 0.316 e. The van der Waals surface area contributed by atoms with Crippen LogP contribution in [0.1, 0.15) is 6.92 Å². The molecule has 0 amide bonds. The molecule has 1 aromatic rings. The average molecular weight is 291 g/mol. The Morgan fingerprint density at radius 2 is 2.47 bits per heavy atom. The van der Waals surface area contributed by atoms with Gasteiger partial charge in [0.2, 0.25) is 0 Å². The van der Waals surface area contributed by atoms with Gasteiger partial charge in [0.25, 0.3) is 0 Å². The first kappa shape index (κ1) is 12.3. The van der Waals surface area contributed by atoms with E-state index in [9.17, 15) is 4.79 Å². The van der Waals surface area contributed by atoms with Gasteiger partial charge in [0.15, 0.2) is 0 Å². The molecule has 0 aliphatic heterocycles. The fraction of sp³-hybridized carbons (Fsp3) is 0.333. The number of nitrogens with zero attached hydrogens (tertiary/aromatic N) is 1. The minimum absolute atomic E-state index is 0.229. The third-order valence-electron chi connectivity index (χ3n) is 1.48. The number of rotatable bonds is 4. The Labute approximate surface area is 101 Å². The number of hydrogen-bond donors (Lipinski definition) is 1. The standard InChI is InChI=1S/C9H11BrN2O2S/c1-2-14-8(13)5-15-9-7(11)3-6(10)4-12-9/h3-4H,2,5,11H2,1H3. The Hall–Kier alpha value is -0.750. The maximum Gasteiger partial charge on any atom is 0.316 e. The molecule has 0 spiro atoms. The van der Waals surface area contributed by atoms with Gasteiger partial charge in [0, 0.05) is 10.7 Å². The third kappa shape index (κ3) is 4.09. The topological polar surface area (TPSA) is 65.2 Å². The zero-order chi connectivity index (χ0) is 11.3. The highest BCUT2D eigenvalue weighted by Gasteiger charge is 2.07. The van der Waals surface area contributed by atoms with E-state index in [-0.39, 0.29) is 11.7 Å². The van der Waals surface area contributed by atoms with Gasteiger partial charge in [0.1, 0.15) is 5.03 Å². The molecule has 82 valence electrons. The van der Waals surface area contributed by atoms with Crippen LogP contribution in [-0.2, 0) is 9.53 Å². The lowest BCUT2D eigenvalue weighted by Crippen LogP contribution is -2.07. The molecule has 0 radical (unpaired) electrons. The molecule has 0 aliphatic rings. The first-order chi connectivity index (χ1) is 7.13. The number of hydrogen-bond acceptors (Lipinski definition) is 5. The van der Waals surface area contributed by atoms with Crippen LogP contribution in [0.15, 0.2) is 21.8 Å². The number of nitrogens with two attached hydrogens (primary N) is 1. The van der Waals surface area contributed by atoms with E-state index in [0.29, 0.717) is 17.3 Å². The Morgan fingerprint density at radius 1 is 1.73 bits per heavy atom. The second-order valence-corrected chi connectivity index (χ2v) is 4.52. The van der Waals surface area contributed by atoms with E-state index in [1.54, 1.807) is 19.2 Å². The summed E-state index contributed by atoms with van der Waals surface area (Å²) in [6.45, 7) is 2.16. The van der Waals surface area contributed by atoms with E-state index in [1.807, 2.05) is 0 Å². The van der Waals surface area contributed by atoms with Crippen molar-refractivity contribution in [2.45, 2.75) is 11.9 Å². The normalized spacial score (nSPS) is 10.0. The second kappa shape index (κ2) is 5.97. The van der Waals surface area contributed by atoms with Crippen LogP contribution in [0, 0.1) is 0 Å². The molecule has 0 saturated heterocycles. The highest BCUT2D eigenvalue weighted by Crippen LogP contribution is 2.24. The molecule has 0 bridgehead atoms. The van der Waals surface area contributed by atoms with Gasteiger partial charge in [-0.1, -0.05) is 11.8 Å². The predicted molar refractivity (Wildman–Crippen MR) is 63.7 cm³/mol. The molecule has 4 nitrogen and oxygen atoms in total. The number of halogens is 1. The first-order valence-corrected chi connectivity index (χ1v) is 6.10. The molecular formula is C9H11BrN2O2S. The van der Waals surface area contributed by atoms with Gasteiger partial charge in [-0.05, 0) is 28.9 Å². The number of carbonyl (C=O) groups excluding carboxylic acids is 1. The number of thioether (sulfide) groups is 1. The van der Waals surface area contributed by atoms with Crippen molar-refractivity contribution >= 4 is 39.3 Å². The molecule has 1 rings (SSSR count). The molecule has 2 N–H and O–H groups in total. The van der Waals surface area contributed by atoms with Crippen molar-refractivity contribution in [2.75, 3.05) is 18.1 Å². The van der Waals surface area contributed by atoms with Crippen LogP contribution in [0.5, 0.6) is 0 Å². The lowest BCUT2D eigenvalue weighted by Gasteiger charge is -2.04. The van der Waals surface area contributed by atoms with Gasteiger partial charge in [-0.2, -0.15) is 0 Å². The van der Waals surface area contributed by atoms with Gasteiger partial charge in [-0.3, -0.25) is 4.79 Å². The fourth-order valence-electron chi connectivity index (χ4n) is 0.893.